The average molecular weight is 379 g/mol. The Morgan fingerprint density at radius 3 is 2.22 bits per heavy atom. The van der Waals surface area contributed by atoms with E-state index >= 15 is 0 Å². The second-order valence-corrected chi connectivity index (χ2v) is 6.82. The van der Waals surface area contributed by atoms with E-state index in [1.807, 2.05) is 60.9 Å². The minimum Gasteiger partial charge on any atom is -0.457 e. The lowest BCUT2D eigenvalue weighted by Gasteiger charge is -2.13. The number of nitrogens with one attached hydrogen (secondary N) is 1. The van der Waals surface area contributed by atoms with Crippen molar-refractivity contribution in [2.75, 3.05) is 12.8 Å². The molecular formula is C22H21NO3S. The molecule has 0 aliphatic carbocycles. The van der Waals surface area contributed by atoms with Crippen LogP contribution in [0.15, 0.2) is 83.8 Å². The summed E-state index contributed by atoms with van der Waals surface area (Å²) in [4.78, 5) is 13.4. The molecule has 3 rings (SSSR count). The number of ether oxygens (including phenoxy) is 1. The topological polar surface area (TPSA) is 58.6 Å². The Morgan fingerprint density at radius 2 is 1.59 bits per heavy atom. The van der Waals surface area contributed by atoms with Crippen LogP contribution in [-0.4, -0.2) is 23.8 Å². The molecule has 1 unspecified atom stereocenters. The lowest BCUT2D eigenvalue weighted by atomic mass is 10.1. The van der Waals surface area contributed by atoms with Crippen LogP contribution in [0.5, 0.6) is 11.5 Å². The average Bonchev–Trinajstić information content (AvgIpc) is 2.73. The van der Waals surface area contributed by atoms with Crippen LogP contribution in [0.25, 0.3) is 0 Å². The molecule has 0 spiro atoms. The zero-order chi connectivity index (χ0) is 19.1. The van der Waals surface area contributed by atoms with Gasteiger partial charge in [0.1, 0.15) is 11.5 Å². The molecule has 2 N–H and O–H groups in total. The number of carbonyl (C=O) groups is 1. The zero-order valence-corrected chi connectivity index (χ0v) is 15.8. The van der Waals surface area contributed by atoms with Crippen molar-refractivity contribution in [1.82, 2.24) is 5.32 Å². The van der Waals surface area contributed by atoms with Crippen LogP contribution in [0.4, 0.5) is 0 Å². The van der Waals surface area contributed by atoms with Crippen LogP contribution in [-0.2, 0) is 0 Å². The highest BCUT2D eigenvalue weighted by Crippen LogP contribution is 2.21. The third kappa shape index (κ3) is 5.36. The molecule has 0 heterocycles. The van der Waals surface area contributed by atoms with Crippen molar-refractivity contribution in [3.05, 3.63) is 90.0 Å². The first-order valence-electron chi connectivity index (χ1n) is 8.59. The fraction of sp³-hybridized carbons (Fsp3) is 0.136. The molecule has 0 bridgehead atoms. The van der Waals surface area contributed by atoms with Crippen molar-refractivity contribution >= 4 is 17.7 Å². The quantitative estimate of drug-likeness (QED) is 0.586. The van der Waals surface area contributed by atoms with E-state index in [-0.39, 0.29) is 12.5 Å². The summed E-state index contributed by atoms with van der Waals surface area (Å²) in [5.74, 6) is 1.16. The van der Waals surface area contributed by atoms with Crippen molar-refractivity contribution in [2.45, 2.75) is 11.0 Å². The van der Waals surface area contributed by atoms with Gasteiger partial charge in [-0.05, 0) is 60.4 Å². The Labute approximate surface area is 163 Å². The summed E-state index contributed by atoms with van der Waals surface area (Å²) in [5.41, 5.74) is 1.29. The number of rotatable bonds is 7. The van der Waals surface area contributed by atoms with E-state index in [0.717, 1.165) is 16.2 Å². The number of hydrogen-bond acceptors (Lipinski definition) is 4. The molecule has 0 radical (unpaired) electrons. The van der Waals surface area contributed by atoms with Crippen molar-refractivity contribution < 1.29 is 14.6 Å². The molecule has 0 aliphatic heterocycles. The summed E-state index contributed by atoms with van der Waals surface area (Å²) in [6, 6.07) is 24.0. The van der Waals surface area contributed by atoms with Crippen LogP contribution in [0.2, 0.25) is 0 Å². The van der Waals surface area contributed by atoms with E-state index in [9.17, 15) is 9.90 Å². The van der Waals surface area contributed by atoms with Crippen LogP contribution >= 0.6 is 11.8 Å². The molecule has 138 valence electrons. The highest BCUT2D eigenvalue weighted by molar-refractivity contribution is 7.98. The van der Waals surface area contributed by atoms with Gasteiger partial charge in [0, 0.05) is 17.0 Å². The maximum atomic E-state index is 12.3. The Bertz CT molecular complexity index is 864. The summed E-state index contributed by atoms with van der Waals surface area (Å²) in [5, 5.41) is 13.0. The minimum absolute atomic E-state index is 0.152. The molecule has 1 atom stereocenters. The van der Waals surface area contributed by atoms with Crippen molar-refractivity contribution in [1.29, 1.82) is 0 Å². The third-order valence-electron chi connectivity index (χ3n) is 4.05. The fourth-order valence-electron chi connectivity index (χ4n) is 2.53. The number of hydrogen-bond donors (Lipinski definition) is 2. The fourth-order valence-corrected chi connectivity index (χ4v) is 2.94. The molecule has 4 nitrogen and oxygen atoms in total. The van der Waals surface area contributed by atoms with E-state index in [2.05, 4.69) is 5.32 Å². The molecular weight excluding hydrogens is 358 g/mol. The Hall–Kier alpha value is -2.76. The van der Waals surface area contributed by atoms with Gasteiger partial charge in [0.25, 0.3) is 5.91 Å². The predicted molar refractivity (Wildman–Crippen MR) is 108 cm³/mol. The molecule has 27 heavy (non-hydrogen) atoms. The second-order valence-electron chi connectivity index (χ2n) is 5.94. The van der Waals surface area contributed by atoms with Gasteiger partial charge in [-0.15, -0.1) is 11.8 Å². The first-order chi connectivity index (χ1) is 13.2. The smallest absolute Gasteiger partial charge is 0.251 e. The molecule has 1 amide bonds. The number of para-hydroxylation sites is 1. The molecule has 0 aromatic heterocycles. The standard InChI is InChI=1S/C22H21NO3S/c1-27-20-13-9-16(10-14-20)21(24)15-23-22(25)17-7-11-19(12-8-17)26-18-5-3-2-4-6-18/h2-14,21,24H,15H2,1H3,(H,23,25). The van der Waals surface area contributed by atoms with E-state index < -0.39 is 6.10 Å². The van der Waals surface area contributed by atoms with Crippen LogP contribution in [0.3, 0.4) is 0 Å². The first-order valence-corrected chi connectivity index (χ1v) is 9.81. The lowest BCUT2D eigenvalue weighted by molar-refractivity contribution is 0.0916. The molecule has 5 heteroatoms. The number of carbonyl (C=O) groups excluding carboxylic acids is 1. The van der Waals surface area contributed by atoms with Gasteiger partial charge in [-0.1, -0.05) is 30.3 Å². The number of aliphatic hydroxyl groups excluding tert-OH is 1. The van der Waals surface area contributed by atoms with E-state index in [4.69, 9.17) is 4.74 Å². The van der Waals surface area contributed by atoms with E-state index in [1.165, 1.54) is 0 Å². The van der Waals surface area contributed by atoms with E-state index in [1.54, 1.807) is 36.0 Å². The molecule has 0 fully saturated rings. The van der Waals surface area contributed by atoms with Crippen LogP contribution < -0.4 is 10.1 Å². The second kappa shape index (κ2) is 9.26. The van der Waals surface area contributed by atoms with Gasteiger partial charge in [0.05, 0.1) is 6.10 Å². The van der Waals surface area contributed by atoms with Gasteiger partial charge < -0.3 is 15.2 Å². The summed E-state index contributed by atoms with van der Waals surface area (Å²) in [7, 11) is 0. The number of aliphatic hydroxyl groups is 1. The largest absolute Gasteiger partial charge is 0.457 e. The molecule has 3 aromatic rings. The van der Waals surface area contributed by atoms with Crippen molar-refractivity contribution in [2.24, 2.45) is 0 Å². The van der Waals surface area contributed by atoms with Crippen LogP contribution in [0.1, 0.15) is 22.0 Å². The van der Waals surface area contributed by atoms with Gasteiger partial charge in [0.2, 0.25) is 0 Å². The molecule has 0 saturated heterocycles. The van der Waals surface area contributed by atoms with Crippen molar-refractivity contribution in [3.63, 3.8) is 0 Å². The Balaban J connectivity index is 1.54. The minimum atomic E-state index is -0.745. The monoisotopic (exact) mass is 379 g/mol. The maximum Gasteiger partial charge on any atom is 0.251 e. The van der Waals surface area contributed by atoms with Gasteiger partial charge >= 0.3 is 0 Å². The number of thioether (sulfide) groups is 1. The third-order valence-corrected chi connectivity index (χ3v) is 4.80. The SMILES string of the molecule is CSc1ccc(C(O)CNC(=O)c2ccc(Oc3ccccc3)cc2)cc1. The Kier molecular flexibility index (Phi) is 6.52. The van der Waals surface area contributed by atoms with Crippen LogP contribution in [0, 0.1) is 0 Å². The van der Waals surface area contributed by atoms with Gasteiger partial charge in [-0.3, -0.25) is 4.79 Å². The van der Waals surface area contributed by atoms with Crippen molar-refractivity contribution in [3.8, 4) is 11.5 Å². The zero-order valence-electron chi connectivity index (χ0n) is 15.0. The predicted octanol–water partition coefficient (Wildman–Crippen LogP) is 4.66. The summed E-state index contributed by atoms with van der Waals surface area (Å²) >= 11 is 1.64. The lowest BCUT2D eigenvalue weighted by Crippen LogP contribution is -2.28. The highest BCUT2D eigenvalue weighted by atomic mass is 32.2. The number of benzene rings is 3. The van der Waals surface area contributed by atoms with E-state index in [0.29, 0.717) is 11.3 Å². The first kappa shape index (κ1) is 19.0. The number of amides is 1. The maximum absolute atomic E-state index is 12.3. The van der Waals surface area contributed by atoms with Gasteiger partial charge in [0.15, 0.2) is 0 Å². The normalized spacial score (nSPS) is 11.6. The molecule has 0 aliphatic rings. The highest BCUT2D eigenvalue weighted by Gasteiger charge is 2.11. The Morgan fingerprint density at radius 1 is 0.963 bits per heavy atom. The molecule has 0 saturated carbocycles. The summed E-state index contributed by atoms with van der Waals surface area (Å²) in [6.07, 6.45) is 1.26. The summed E-state index contributed by atoms with van der Waals surface area (Å²) < 4.78 is 5.71. The molecule has 3 aromatic carbocycles. The van der Waals surface area contributed by atoms with Gasteiger partial charge in [-0.2, -0.15) is 0 Å². The van der Waals surface area contributed by atoms with Gasteiger partial charge in [-0.25, -0.2) is 0 Å². The summed E-state index contributed by atoms with van der Waals surface area (Å²) in [6.45, 7) is 0.152.